The van der Waals surface area contributed by atoms with E-state index in [-0.39, 0.29) is 24.4 Å². The molecule has 0 aromatic heterocycles. The van der Waals surface area contributed by atoms with Crippen molar-refractivity contribution in [2.45, 2.75) is 38.6 Å². The molecule has 5 heteroatoms. The highest BCUT2D eigenvalue weighted by atomic mass is 35.5. The van der Waals surface area contributed by atoms with Gasteiger partial charge in [-0.05, 0) is 31.7 Å². The third kappa shape index (κ3) is 11.3. The van der Waals surface area contributed by atoms with Crippen LogP contribution in [0.15, 0.2) is 30.3 Å². The summed E-state index contributed by atoms with van der Waals surface area (Å²) in [5.41, 5.74) is 6.89. The van der Waals surface area contributed by atoms with Gasteiger partial charge < -0.3 is 15.8 Å². The highest BCUT2D eigenvalue weighted by Gasteiger charge is 2.01. The van der Waals surface area contributed by atoms with Crippen LogP contribution in [0.25, 0.3) is 0 Å². The summed E-state index contributed by atoms with van der Waals surface area (Å²) in [4.78, 5) is 11.5. The fourth-order valence-electron chi connectivity index (χ4n) is 1.80. The Hall–Kier alpha value is -1.10. The van der Waals surface area contributed by atoms with Gasteiger partial charge in [0.1, 0.15) is 0 Å². The van der Waals surface area contributed by atoms with Gasteiger partial charge in [-0.2, -0.15) is 0 Å². The lowest BCUT2D eigenvalue weighted by Crippen LogP contribution is -2.28. The fraction of sp³-hybridized carbons (Fsp3) is 0.562. The van der Waals surface area contributed by atoms with Crippen molar-refractivity contribution < 1.29 is 9.53 Å². The molecule has 1 aromatic carbocycles. The molecule has 1 amide bonds. The quantitative estimate of drug-likeness (QED) is 0.651. The summed E-state index contributed by atoms with van der Waals surface area (Å²) in [6, 6.07) is 10.4. The molecule has 21 heavy (non-hydrogen) atoms. The van der Waals surface area contributed by atoms with Gasteiger partial charge >= 0.3 is 0 Å². The van der Waals surface area contributed by atoms with Gasteiger partial charge in [0, 0.05) is 25.6 Å². The van der Waals surface area contributed by atoms with Gasteiger partial charge in [-0.3, -0.25) is 4.79 Å². The van der Waals surface area contributed by atoms with E-state index < -0.39 is 0 Å². The van der Waals surface area contributed by atoms with Crippen molar-refractivity contribution in [1.82, 2.24) is 5.32 Å². The molecule has 1 rings (SSSR count). The minimum Gasteiger partial charge on any atom is -0.381 e. The first-order chi connectivity index (χ1) is 9.68. The number of hydrogen-bond donors (Lipinski definition) is 2. The van der Waals surface area contributed by atoms with Gasteiger partial charge in [0.2, 0.25) is 5.91 Å². The smallest absolute Gasteiger partial charge is 0.220 e. The van der Waals surface area contributed by atoms with Crippen LogP contribution in [0.2, 0.25) is 0 Å². The lowest BCUT2D eigenvalue weighted by atomic mass is 10.2. The maximum absolute atomic E-state index is 11.5. The number of nitrogens with one attached hydrogen (secondary N) is 1. The summed E-state index contributed by atoms with van der Waals surface area (Å²) in [7, 11) is 0. The topological polar surface area (TPSA) is 64.3 Å². The second-order valence-electron chi connectivity index (χ2n) is 5.07. The monoisotopic (exact) mass is 314 g/mol. The summed E-state index contributed by atoms with van der Waals surface area (Å²) in [5, 5.41) is 2.86. The first-order valence-electron chi connectivity index (χ1n) is 7.32. The molecule has 0 radical (unpaired) electrons. The van der Waals surface area contributed by atoms with Gasteiger partial charge in [-0.15, -0.1) is 12.4 Å². The first-order valence-corrected chi connectivity index (χ1v) is 7.32. The molecule has 0 saturated heterocycles. The third-order valence-electron chi connectivity index (χ3n) is 2.99. The zero-order valence-electron chi connectivity index (χ0n) is 12.7. The SMILES string of the molecule is CC(N)CCNC(=O)CCCOCCc1ccccc1.Cl. The number of rotatable bonds is 10. The van der Waals surface area contributed by atoms with Crippen LogP contribution in [0.3, 0.4) is 0 Å². The first kappa shape index (κ1) is 19.9. The van der Waals surface area contributed by atoms with Crippen molar-refractivity contribution >= 4 is 18.3 Å². The largest absolute Gasteiger partial charge is 0.381 e. The zero-order valence-corrected chi connectivity index (χ0v) is 13.5. The molecule has 0 aliphatic heterocycles. The number of carbonyl (C=O) groups excluding carboxylic acids is 1. The molecular formula is C16H27ClN2O2. The van der Waals surface area contributed by atoms with Crippen molar-refractivity contribution in [2.24, 2.45) is 5.73 Å². The van der Waals surface area contributed by atoms with E-state index in [1.165, 1.54) is 5.56 Å². The van der Waals surface area contributed by atoms with Crippen LogP contribution < -0.4 is 11.1 Å². The van der Waals surface area contributed by atoms with Crippen molar-refractivity contribution in [3.05, 3.63) is 35.9 Å². The van der Waals surface area contributed by atoms with Gasteiger partial charge in [-0.1, -0.05) is 30.3 Å². The van der Waals surface area contributed by atoms with Crippen LogP contribution in [0.4, 0.5) is 0 Å². The van der Waals surface area contributed by atoms with E-state index >= 15 is 0 Å². The van der Waals surface area contributed by atoms with E-state index in [1.807, 2.05) is 25.1 Å². The van der Waals surface area contributed by atoms with E-state index in [1.54, 1.807) is 0 Å². The normalized spacial score (nSPS) is 11.5. The number of hydrogen-bond acceptors (Lipinski definition) is 3. The molecule has 0 aliphatic rings. The average Bonchev–Trinajstić information content (AvgIpc) is 2.43. The average molecular weight is 315 g/mol. The second-order valence-corrected chi connectivity index (χ2v) is 5.07. The zero-order chi connectivity index (χ0) is 14.6. The van der Waals surface area contributed by atoms with Gasteiger partial charge in [0.05, 0.1) is 6.61 Å². The van der Waals surface area contributed by atoms with Crippen LogP contribution in [-0.4, -0.2) is 31.7 Å². The van der Waals surface area contributed by atoms with Crippen molar-refractivity contribution in [1.29, 1.82) is 0 Å². The third-order valence-corrected chi connectivity index (χ3v) is 2.99. The fourth-order valence-corrected chi connectivity index (χ4v) is 1.80. The number of amides is 1. The Labute approximate surface area is 133 Å². The van der Waals surface area contributed by atoms with Crippen molar-refractivity contribution in [3.63, 3.8) is 0 Å². The molecule has 0 fully saturated rings. The van der Waals surface area contributed by atoms with Gasteiger partial charge in [0.15, 0.2) is 0 Å². The minimum atomic E-state index is 0. The molecule has 0 spiro atoms. The van der Waals surface area contributed by atoms with Crippen LogP contribution in [0, 0.1) is 0 Å². The van der Waals surface area contributed by atoms with Gasteiger partial charge in [-0.25, -0.2) is 0 Å². The van der Waals surface area contributed by atoms with Gasteiger partial charge in [0.25, 0.3) is 0 Å². The summed E-state index contributed by atoms with van der Waals surface area (Å²) < 4.78 is 5.53. The van der Waals surface area contributed by atoms with E-state index in [2.05, 4.69) is 17.4 Å². The lowest BCUT2D eigenvalue weighted by Gasteiger charge is -2.07. The van der Waals surface area contributed by atoms with E-state index in [9.17, 15) is 4.79 Å². The summed E-state index contributed by atoms with van der Waals surface area (Å²) in [6.07, 6.45) is 3.02. The van der Waals surface area contributed by atoms with Crippen LogP contribution >= 0.6 is 12.4 Å². The molecule has 0 saturated carbocycles. The van der Waals surface area contributed by atoms with Crippen LogP contribution in [0.5, 0.6) is 0 Å². The molecule has 120 valence electrons. The Morgan fingerprint density at radius 1 is 1.29 bits per heavy atom. The van der Waals surface area contributed by atoms with Crippen molar-refractivity contribution in [3.8, 4) is 0 Å². The van der Waals surface area contributed by atoms with Crippen molar-refractivity contribution in [2.75, 3.05) is 19.8 Å². The molecular weight excluding hydrogens is 288 g/mol. The maximum atomic E-state index is 11.5. The maximum Gasteiger partial charge on any atom is 0.220 e. The molecule has 3 N–H and O–H groups in total. The second kappa shape index (κ2) is 12.6. The van der Waals surface area contributed by atoms with E-state index in [4.69, 9.17) is 10.5 Å². The molecule has 0 heterocycles. The summed E-state index contributed by atoms with van der Waals surface area (Å²) in [5.74, 6) is 0.0808. The Morgan fingerprint density at radius 2 is 2.00 bits per heavy atom. The number of ether oxygens (including phenoxy) is 1. The number of nitrogens with two attached hydrogens (primary N) is 1. The number of benzene rings is 1. The van der Waals surface area contributed by atoms with E-state index in [0.717, 1.165) is 19.3 Å². The predicted molar refractivity (Wildman–Crippen MR) is 88.7 cm³/mol. The number of carbonyl (C=O) groups is 1. The summed E-state index contributed by atoms with van der Waals surface area (Å²) >= 11 is 0. The molecule has 0 aliphatic carbocycles. The Bertz CT molecular complexity index is 372. The highest BCUT2D eigenvalue weighted by Crippen LogP contribution is 2.00. The predicted octanol–water partition coefficient (Wildman–Crippen LogP) is 2.30. The Balaban J connectivity index is 0.00000400. The molecule has 1 atom stereocenters. The van der Waals surface area contributed by atoms with Crippen LogP contribution in [-0.2, 0) is 16.0 Å². The minimum absolute atomic E-state index is 0. The summed E-state index contributed by atoms with van der Waals surface area (Å²) in [6.45, 7) is 3.93. The number of halogens is 1. The molecule has 0 bridgehead atoms. The van der Waals surface area contributed by atoms with E-state index in [0.29, 0.717) is 26.2 Å². The molecule has 4 nitrogen and oxygen atoms in total. The van der Waals surface area contributed by atoms with Crippen LogP contribution in [0.1, 0.15) is 31.7 Å². The molecule has 1 aromatic rings. The Morgan fingerprint density at radius 3 is 2.67 bits per heavy atom. The lowest BCUT2D eigenvalue weighted by molar-refractivity contribution is -0.121. The standard InChI is InChI=1S/C16H26N2O2.ClH/c1-14(17)9-11-18-16(19)8-5-12-20-13-10-15-6-3-2-4-7-15;/h2-4,6-7,14H,5,8-13,17H2,1H3,(H,18,19);1H. The highest BCUT2D eigenvalue weighted by molar-refractivity contribution is 5.85. The molecule has 1 unspecified atom stereocenters. The Kier molecular flexibility index (Phi) is 12.0.